The molecule has 2 aromatic rings. The number of nitrogens with zero attached hydrogens (tertiary/aromatic N) is 1. The van der Waals surface area contributed by atoms with Crippen molar-refractivity contribution >= 4 is 29.1 Å². The summed E-state index contributed by atoms with van der Waals surface area (Å²) < 4.78 is 18.6. The molecule has 1 aliphatic rings. The summed E-state index contributed by atoms with van der Waals surface area (Å²) >= 11 is 6.00. The lowest BCUT2D eigenvalue weighted by Gasteiger charge is -2.32. The number of hydrogen-bond donors (Lipinski definition) is 1. The fraction of sp³-hybridized carbons (Fsp3) is 0.364. The van der Waals surface area contributed by atoms with E-state index in [0.717, 1.165) is 18.4 Å². The van der Waals surface area contributed by atoms with Gasteiger partial charge in [-0.05, 0) is 48.7 Å². The number of halogens is 2. The van der Waals surface area contributed by atoms with E-state index in [1.54, 1.807) is 37.4 Å². The van der Waals surface area contributed by atoms with E-state index in [4.69, 9.17) is 16.3 Å². The van der Waals surface area contributed by atoms with Gasteiger partial charge in [0.15, 0.2) is 0 Å². The average molecular weight is 419 g/mol. The van der Waals surface area contributed by atoms with Crippen LogP contribution in [0.4, 0.5) is 10.1 Å². The van der Waals surface area contributed by atoms with Crippen molar-refractivity contribution in [2.45, 2.75) is 31.1 Å². The molecule has 7 heteroatoms. The molecule has 0 saturated heterocycles. The molecule has 154 valence electrons. The molecule has 1 N–H and O–H groups in total. The molecule has 5 nitrogen and oxygen atoms in total. The zero-order chi connectivity index (χ0) is 21.0. The maximum Gasteiger partial charge on any atom is 0.244 e. The molecule has 29 heavy (non-hydrogen) atoms. The molecule has 0 aliphatic heterocycles. The summed E-state index contributed by atoms with van der Waals surface area (Å²) in [5.74, 6) is -0.337. The first-order valence-electron chi connectivity index (χ1n) is 9.51. The van der Waals surface area contributed by atoms with Crippen molar-refractivity contribution in [3.05, 3.63) is 58.9 Å². The molecule has 1 aliphatic carbocycles. The molecule has 2 aromatic carbocycles. The van der Waals surface area contributed by atoms with E-state index in [0.29, 0.717) is 29.3 Å². The highest BCUT2D eigenvalue weighted by atomic mass is 35.5. The third-order valence-electron chi connectivity index (χ3n) is 5.43. The van der Waals surface area contributed by atoms with Gasteiger partial charge in [0.1, 0.15) is 11.6 Å². The van der Waals surface area contributed by atoms with Crippen molar-refractivity contribution in [1.29, 1.82) is 0 Å². The van der Waals surface area contributed by atoms with Crippen molar-refractivity contribution in [1.82, 2.24) is 4.90 Å². The molecule has 0 radical (unpaired) electrons. The number of anilines is 1. The second-order valence-corrected chi connectivity index (χ2v) is 7.79. The normalized spacial score (nSPS) is 15.0. The van der Waals surface area contributed by atoms with Crippen LogP contribution >= 0.6 is 11.6 Å². The number of carbonyl (C=O) groups excluding carboxylic acids is 2. The van der Waals surface area contributed by atoms with Crippen LogP contribution in [-0.4, -0.2) is 37.4 Å². The quantitative estimate of drug-likeness (QED) is 0.756. The summed E-state index contributed by atoms with van der Waals surface area (Å²) in [5, 5.41) is 3.21. The maximum atomic E-state index is 13.4. The Kier molecular flexibility index (Phi) is 6.42. The lowest BCUT2D eigenvalue weighted by Crippen LogP contribution is -2.46. The number of likely N-dealkylation sites (N-methyl/N-ethyl adjacent to an activating group) is 1. The highest BCUT2D eigenvalue weighted by Gasteiger charge is 2.44. The first-order valence-corrected chi connectivity index (χ1v) is 9.88. The van der Waals surface area contributed by atoms with Gasteiger partial charge in [-0.25, -0.2) is 4.39 Å². The van der Waals surface area contributed by atoms with Crippen LogP contribution in [0.15, 0.2) is 42.5 Å². The summed E-state index contributed by atoms with van der Waals surface area (Å²) in [5.41, 5.74) is 0.529. The number of carbonyl (C=O) groups is 2. The molecule has 0 spiro atoms. The minimum Gasteiger partial charge on any atom is -0.495 e. The zero-order valence-electron chi connectivity index (χ0n) is 16.5. The number of methoxy groups -OCH3 is 1. The third-order valence-corrected chi connectivity index (χ3v) is 5.66. The van der Waals surface area contributed by atoms with Crippen LogP contribution in [0.1, 0.15) is 31.2 Å². The minimum absolute atomic E-state index is 0.114. The maximum absolute atomic E-state index is 13.4. The predicted octanol–water partition coefficient (Wildman–Crippen LogP) is 4.40. The summed E-state index contributed by atoms with van der Waals surface area (Å²) in [4.78, 5) is 27.3. The van der Waals surface area contributed by atoms with Crippen molar-refractivity contribution in [3.63, 3.8) is 0 Å². The van der Waals surface area contributed by atoms with E-state index in [1.165, 1.54) is 24.1 Å². The Morgan fingerprint density at radius 3 is 2.45 bits per heavy atom. The standard InChI is InChI=1S/C22H24ClFN2O3/c1-26(14-20(27)25-18-13-16(23)7-10-19(18)29-2)21(28)22(11-3-4-12-22)15-5-8-17(24)9-6-15/h5-10,13H,3-4,11-12,14H2,1-2H3,(H,25,27). The van der Waals surface area contributed by atoms with Gasteiger partial charge in [0.25, 0.3) is 0 Å². The summed E-state index contributed by atoms with van der Waals surface area (Å²) in [6, 6.07) is 11.0. The van der Waals surface area contributed by atoms with Crippen molar-refractivity contribution in [3.8, 4) is 5.75 Å². The number of amides is 2. The van der Waals surface area contributed by atoms with Gasteiger partial charge < -0.3 is 15.0 Å². The first kappa shape index (κ1) is 21.1. The molecular weight excluding hydrogens is 395 g/mol. The number of nitrogens with one attached hydrogen (secondary N) is 1. The van der Waals surface area contributed by atoms with Gasteiger partial charge in [-0.2, -0.15) is 0 Å². The van der Waals surface area contributed by atoms with Crippen LogP contribution in [-0.2, 0) is 15.0 Å². The summed E-state index contributed by atoms with van der Waals surface area (Å²) in [7, 11) is 3.11. The number of hydrogen-bond acceptors (Lipinski definition) is 3. The lowest BCUT2D eigenvalue weighted by atomic mass is 9.77. The van der Waals surface area contributed by atoms with Gasteiger partial charge in [-0.1, -0.05) is 36.6 Å². The first-order chi connectivity index (χ1) is 13.9. The fourth-order valence-corrected chi connectivity index (χ4v) is 4.17. The monoisotopic (exact) mass is 418 g/mol. The molecule has 3 rings (SSSR count). The van der Waals surface area contributed by atoms with Crippen LogP contribution in [0.3, 0.4) is 0 Å². The van der Waals surface area contributed by atoms with Gasteiger partial charge in [-0.3, -0.25) is 9.59 Å². The summed E-state index contributed by atoms with van der Waals surface area (Å²) in [6.45, 7) is -0.114. The highest BCUT2D eigenvalue weighted by molar-refractivity contribution is 6.31. The van der Waals surface area contributed by atoms with Crippen LogP contribution < -0.4 is 10.1 Å². The highest BCUT2D eigenvalue weighted by Crippen LogP contribution is 2.42. The Labute approximate surface area is 174 Å². The fourth-order valence-electron chi connectivity index (χ4n) is 3.99. The lowest BCUT2D eigenvalue weighted by molar-refractivity contribution is -0.138. The predicted molar refractivity (Wildman–Crippen MR) is 111 cm³/mol. The largest absolute Gasteiger partial charge is 0.495 e. The van der Waals surface area contributed by atoms with Gasteiger partial charge >= 0.3 is 0 Å². The molecule has 1 fully saturated rings. The van der Waals surface area contributed by atoms with E-state index in [2.05, 4.69) is 5.32 Å². The second kappa shape index (κ2) is 8.82. The van der Waals surface area contributed by atoms with Crippen LogP contribution in [0, 0.1) is 5.82 Å². The van der Waals surface area contributed by atoms with Gasteiger partial charge in [-0.15, -0.1) is 0 Å². The number of benzene rings is 2. The van der Waals surface area contributed by atoms with E-state index >= 15 is 0 Å². The molecular formula is C22H24ClFN2O3. The Balaban J connectivity index is 1.74. The third kappa shape index (κ3) is 4.53. The minimum atomic E-state index is -0.712. The molecule has 0 aromatic heterocycles. The van der Waals surface area contributed by atoms with Gasteiger partial charge in [0, 0.05) is 12.1 Å². The van der Waals surface area contributed by atoms with E-state index < -0.39 is 5.41 Å². The van der Waals surface area contributed by atoms with Crippen molar-refractivity contribution < 1.29 is 18.7 Å². The van der Waals surface area contributed by atoms with Gasteiger partial charge in [0.2, 0.25) is 11.8 Å². The Morgan fingerprint density at radius 1 is 1.17 bits per heavy atom. The average Bonchev–Trinajstić information content (AvgIpc) is 3.19. The second-order valence-electron chi connectivity index (χ2n) is 7.35. The van der Waals surface area contributed by atoms with Crippen molar-refractivity contribution in [2.24, 2.45) is 0 Å². The summed E-state index contributed by atoms with van der Waals surface area (Å²) in [6.07, 6.45) is 3.21. The Bertz CT molecular complexity index is 895. The van der Waals surface area contributed by atoms with Crippen LogP contribution in [0.2, 0.25) is 5.02 Å². The molecule has 0 unspecified atom stereocenters. The Hall–Kier alpha value is -2.60. The van der Waals surface area contributed by atoms with E-state index in [-0.39, 0.29) is 24.2 Å². The topological polar surface area (TPSA) is 58.6 Å². The zero-order valence-corrected chi connectivity index (χ0v) is 17.3. The molecule has 0 heterocycles. The SMILES string of the molecule is COc1ccc(Cl)cc1NC(=O)CN(C)C(=O)C1(c2ccc(F)cc2)CCCC1. The number of rotatable bonds is 6. The van der Waals surface area contributed by atoms with Crippen LogP contribution in [0.25, 0.3) is 0 Å². The smallest absolute Gasteiger partial charge is 0.244 e. The molecule has 2 amide bonds. The van der Waals surface area contributed by atoms with Gasteiger partial charge in [0.05, 0.1) is 24.8 Å². The van der Waals surface area contributed by atoms with E-state index in [9.17, 15) is 14.0 Å². The molecule has 0 bridgehead atoms. The Morgan fingerprint density at radius 2 is 1.83 bits per heavy atom. The molecule has 0 atom stereocenters. The van der Waals surface area contributed by atoms with E-state index in [1.807, 2.05) is 0 Å². The molecule has 1 saturated carbocycles. The van der Waals surface area contributed by atoms with Crippen LogP contribution in [0.5, 0.6) is 5.75 Å². The number of ether oxygens (including phenoxy) is 1. The van der Waals surface area contributed by atoms with Crippen molar-refractivity contribution in [2.75, 3.05) is 26.0 Å².